The van der Waals surface area contributed by atoms with E-state index in [9.17, 15) is 13.2 Å². The van der Waals surface area contributed by atoms with Gasteiger partial charge in [-0.15, -0.1) is 0 Å². The molecule has 1 unspecified atom stereocenters. The minimum absolute atomic E-state index is 0.0170. The number of amides is 1. The number of nitrogens with one attached hydrogen (secondary N) is 2. The van der Waals surface area contributed by atoms with Gasteiger partial charge in [0, 0.05) is 24.8 Å². The summed E-state index contributed by atoms with van der Waals surface area (Å²) >= 11 is 0. The second-order valence-electron chi connectivity index (χ2n) is 6.13. The van der Waals surface area contributed by atoms with Crippen LogP contribution in [0.5, 0.6) is 0 Å². The van der Waals surface area contributed by atoms with Gasteiger partial charge in [0.15, 0.2) is 0 Å². The van der Waals surface area contributed by atoms with E-state index in [2.05, 4.69) is 10.0 Å². The molecule has 126 valence electrons. The lowest BCUT2D eigenvalue weighted by Crippen LogP contribution is -2.31. The molecular weight excluding hydrogens is 316 g/mol. The van der Waals surface area contributed by atoms with Crippen molar-refractivity contribution in [2.24, 2.45) is 5.92 Å². The van der Waals surface area contributed by atoms with E-state index in [1.54, 1.807) is 12.1 Å². The Kier molecular flexibility index (Phi) is 4.99. The molecule has 6 nitrogen and oxygen atoms in total. The average molecular weight is 338 g/mol. The molecule has 1 aromatic carbocycles. The minimum Gasteiger partial charge on any atom is -0.377 e. The normalized spacial score (nSPS) is 21.8. The molecule has 2 N–H and O–H groups in total. The van der Waals surface area contributed by atoms with Gasteiger partial charge in [-0.25, -0.2) is 13.1 Å². The zero-order valence-electron chi connectivity index (χ0n) is 13.0. The highest BCUT2D eigenvalue weighted by Crippen LogP contribution is 2.27. The van der Waals surface area contributed by atoms with E-state index < -0.39 is 10.0 Å². The van der Waals surface area contributed by atoms with Crippen molar-refractivity contribution in [3.05, 3.63) is 24.3 Å². The summed E-state index contributed by atoms with van der Waals surface area (Å²) in [5.74, 6) is 0.120. The molecule has 7 heteroatoms. The molecule has 0 aromatic heterocycles. The summed E-state index contributed by atoms with van der Waals surface area (Å²) in [5.41, 5.74) is 0.625. The number of benzene rings is 1. The van der Waals surface area contributed by atoms with Gasteiger partial charge in [-0.05, 0) is 49.9 Å². The van der Waals surface area contributed by atoms with Gasteiger partial charge in [0.05, 0.1) is 11.0 Å². The number of carbonyl (C=O) groups is 1. The van der Waals surface area contributed by atoms with Gasteiger partial charge in [0.25, 0.3) is 0 Å². The lowest BCUT2D eigenvalue weighted by atomic mass is 9.85. The molecule has 1 aliphatic carbocycles. The van der Waals surface area contributed by atoms with Crippen molar-refractivity contribution < 1.29 is 17.9 Å². The Labute approximate surface area is 136 Å². The molecule has 0 bridgehead atoms. The van der Waals surface area contributed by atoms with E-state index >= 15 is 0 Å². The fourth-order valence-corrected chi connectivity index (χ4v) is 3.79. The fraction of sp³-hybridized carbons (Fsp3) is 0.562. The molecular formula is C16H22N2O4S. The molecule has 1 aromatic rings. The number of rotatable bonds is 6. The van der Waals surface area contributed by atoms with Crippen molar-refractivity contribution in [2.45, 2.75) is 43.1 Å². The first kappa shape index (κ1) is 16.4. The topological polar surface area (TPSA) is 84.5 Å². The summed E-state index contributed by atoms with van der Waals surface area (Å²) in [6, 6.07) is 6.26. The molecule has 1 saturated carbocycles. The first-order valence-corrected chi connectivity index (χ1v) is 9.55. The standard InChI is InChI=1S/C16H22N2O4S/c19-16(12-3-1-4-12)18-13-6-8-15(9-7-13)23(20,21)17-11-14-5-2-10-22-14/h6-9,12,14,17H,1-5,10-11H2,(H,18,19). The van der Waals surface area contributed by atoms with Gasteiger partial charge in [-0.1, -0.05) is 6.42 Å². The second-order valence-corrected chi connectivity index (χ2v) is 7.90. The average Bonchev–Trinajstić information content (AvgIpc) is 2.97. The van der Waals surface area contributed by atoms with Crippen LogP contribution in [0.1, 0.15) is 32.1 Å². The molecule has 2 fully saturated rings. The van der Waals surface area contributed by atoms with Crippen LogP contribution >= 0.6 is 0 Å². The predicted octanol–water partition coefficient (Wildman–Crippen LogP) is 1.88. The lowest BCUT2D eigenvalue weighted by molar-refractivity contribution is -0.122. The third kappa shape index (κ3) is 4.10. The summed E-state index contributed by atoms with van der Waals surface area (Å²) in [4.78, 5) is 12.1. The number of carbonyl (C=O) groups excluding carboxylic acids is 1. The molecule has 1 atom stereocenters. The molecule has 1 aliphatic heterocycles. The van der Waals surface area contributed by atoms with Crippen LogP contribution in [-0.4, -0.2) is 33.6 Å². The van der Waals surface area contributed by atoms with E-state index in [-0.39, 0.29) is 22.8 Å². The minimum atomic E-state index is -3.55. The van der Waals surface area contributed by atoms with Crippen molar-refractivity contribution >= 4 is 21.6 Å². The van der Waals surface area contributed by atoms with E-state index in [4.69, 9.17) is 4.74 Å². The summed E-state index contributed by atoms with van der Waals surface area (Å²) in [5, 5.41) is 2.83. The number of sulfonamides is 1. The predicted molar refractivity (Wildman–Crippen MR) is 86.6 cm³/mol. The highest BCUT2D eigenvalue weighted by molar-refractivity contribution is 7.89. The Morgan fingerprint density at radius 1 is 1.13 bits per heavy atom. The Morgan fingerprint density at radius 2 is 1.87 bits per heavy atom. The SMILES string of the molecule is O=C(Nc1ccc(S(=O)(=O)NCC2CCCO2)cc1)C1CCC1. The van der Waals surface area contributed by atoms with Gasteiger partial charge < -0.3 is 10.1 Å². The Balaban J connectivity index is 1.57. The highest BCUT2D eigenvalue weighted by atomic mass is 32.2. The zero-order valence-corrected chi connectivity index (χ0v) is 13.8. The monoisotopic (exact) mass is 338 g/mol. The summed E-state index contributed by atoms with van der Waals surface area (Å²) in [7, 11) is -3.55. The maximum atomic E-state index is 12.2. The lowest BCUT2D eigenvalue weighted by Gasteiger charge is -2.24. The van der Waals surface area contributed by atoms with Gasteiger partial charge in [0.2, 0.25) is 15.9 Å². The number of hydrogen-bond acceptors (Lipinski definition) is 4. The second kappa shape index (κ2) is 6.98. The number of ether oxygens (including phenoxy) is 1. The molecule has 1 heterocycles. The first-order valence-electron chi connectivity index (χ1n) is 8.07. The quantitative estimate of drug-likeness (QED) is 0.829. The van der Waals surface area contributed by atoms with E-state index in [0.29, 0.717) is 18.8 Å². The molecule has 0 spiro atoms. The van der Waals surface area contributed by atoms with Gasteiger partial charge >= 0.3 is 0 Å². The first-order chi connectivity index (χ1) is 11.0. The number of anilines is 1. The molecule has 2 aliphatic rings. The van der Waals surface area contributed by atoms with Gasteiger partial charge in [-0.2, -0.15) is 0 Å². The van der Waals surface area contributed by atoms with Crippen molar-refractivity contribution in [3.63, 3.8) is 0 Å². The van der Waals surface area contributed by atoms with E-state index in [1.807, 2.05) is 0 Å². The zero-order chi connectivity index (χ0) is 16.3. The van der Waals surface area contributed by atoms with Crippen molar-refractivity contribution in [1.29, 1.82) is 0 Å². The Morgan fingerprint density at radius 3 is 2.43 bits per heavy atom. The largest absolute Gasteiger partial charge is 0.377 e. The maximum absolute atomic E-state index is 12.2. The van der Waals surface area contributed by atoms with Crippen LogP contribution in [0.2, 0.25) is 0 Å². The Bertz CT molecular complexity index is 647. The van der Waals surface area contributed by atoms with Crippen molar-refractivity contribution in [3.8, 4) is 0 Å². The van der Waals surface area contributed by atoms with Crippen LogP contribution in [0.3, 0.4) is 0 Å². The third-order valence-electron chi connectivity index (χ3n) is 4.43. The van der Waals surface area contributed by atoms with Gasteiger partial charge in [0.1, 0.15) is 0 Å². The smallest absolute Gasteiger partial charge is 0.240 e. The molecule has 1 saturated heterocycles. The maximum Gasteiger partial charge on any atom is 0.240 e. The van der Waals surface area contributed by atoms with E-state index in [1.165, 1.54) is 12.1 Å². The van der Waals surface area contributed by atoms with Crippen molar-refractivity contribution in [2.75, 3.05) is 18.5 Å². The van der Waals surface area contributed by atoms with Crippen molar-refractivity contribution in [1.82, 2.24) is 4.72 Å². The molecule has 23 heavy (non-hydrogen) atoms. The van der Waals surface area contributed by atoms with E-state index in [0.717, 1.165) is 32.1 Å². The fourth-order valence-electron chi connectivity index (χ4n) is 2.72. The van der Waals surface area contributed by atoms with Crippen LogP contribution < -0.4 is 10.0 Å². The van der Waals surface area contributed by atoms with Crippen LogP contribution in [0, 0.1) is 5.92 Å². The molecule has 1 amide bonds. The van der Waals surface area contributed by atoms with Gasteiger partial charge in [-0.3, -0.25) is 4.79 Å². The molecule has 0 radical (unpaired) electrons. The Hall–Kier alpha value is -1.44. The van der Waals surface area contributed by atoms with Crippen LogP contribution in [0.25, 0.3) is 0 Å². The number of hydrogen-bond donors (Lipinski definition) is 2. The highest BCUT2D eigenvalue weighted by Gasteiger charge is 2.25. The summed E-state index contributed by atoms with van der Waals surface area (Å²) in [6.07, 6.45) is 4.80. The van der Waals surface area contributed by atoms with Crippen LogP contribution in [0.4, 0.5) is 5.69 Å². The van der Waals surface area contributed by atoms with Crippen LogP contribution in [-0.2, 0) is 19.6 Å². The molecule has 3 rings (SSSR count). The third-order valence-corrected chi connectivity index (χ3v) is 5.87. The van der Waals surface area contributed by atoms with Crippen LogP contribution in [0.15, 0.2) is 29.2 Å². The summed E-state index contributed by atoms with van der Waals surface area (Å²) < 4.78 is 32.4. The summed E-state index contributed by atoms with van der Waals surface area (Å²) in [6.45, 7) is 0.990.